The molecule has 1 aromatic carbocycles. The van der Waals surface area contributed by atoms with Crippen molar-refractivity contribution in [3.8, 4) is 0 Å². The van der Waals surface area contributed by atoms with E-state index < -0.39 is 16.1 Å². The Morgan fingerprint density at radius 3 is 2.21 bits per heavy atom. The molecular formula is C7H6ClNO4S. The van der Waals surface area contributed by atoms with Crippen molar-refractivity contribution in [2.24, 2.45) is 0 Å². The summed E-state index contributed by atoms with van der Waals surface area (Å²) in [6.45, 7) is 0. The van der Waals surface area contributed by atoms with E-state index in [1.807, 2.05) is 0 Å². The molecule has 0 atom stereocenters. The first-order valence-corrected chi connectivity index (χ1v) is 5.29. The minimum atomic E-state index is -3.98. The van der Waals surface area contributed by atoms with Crippen LogP contribution in [0.3, 0.4) is 0 Å². The van der Waals surface area contributed by atoms with Crippen molar-refractivity contribution in [1.82, 2.24) is 4.72 Å². The SMILES string of the molecule is O=C(O)NS(=O)(=O)c1ccc(Cl)cc1. The van der Waals surface area contributed by atoms with Gasteiger partial charge in [0.25, 0.3) is 10.0 Å². The molecule has 0 aliphatic carbocycles. The highest BCUT2D eigenvalue weighted by molar-refractivity contribution is 7.90. The van der Waals surface area contributed by atoms with Crippen LogP contribution in [-0.4, -0.2) is 19.6 Å². The third kappa shape index (κ3) is 2.61. The van der Waals surface area contributed by atoms with Crippen LogP contribution >= 0.6 is 11.6 Å². The van der Waals surface area contributed by atoms with Gasteiger partial charge in [-0.05, 0) is 24.3 Å². The Kier molecular flexibility index (Phi) is 2.97. The number of sulfonamides is 1. The van der Waals surface area contributed by atoms with Crippen LogP contribution in [0.2, 0.25) is 5.02 Å². The van der Waals surface area contributed by atoms with Gasteiger partial charge in [-0.1, -0.05) is 11.6 Å². The Morgan fingerprint density at radius 1 is 1.29 bits per heavy atom. The zero-order valence-electron chi connectivity index (χ0n) is 6.77. The summed E-state index contributed by atoms with van der Waals surface area (Å²) < 4.78 is 23.8. The quantitative estimate of drug-likeness (QED) is 0.809. The molecule has 7 heteroatoms. The maximum atomic E-state index is 11.2. The number of rotatable bonds is 2. The number of amides is 1. The second-order valence-corrected chi connectivity index (χ2v) is 4.48. The normalized spacial score (nSPS) is 10.9. The van der Waals surface area contributed by atoms with E-state index in [0.29, 0.717) is 5.02 Å². The monoisotopic (exact) mass is 235 g/mol. The van der Waals surface area contributed by atoms with Gasteiger partial charge < -0.3 is 5.11 Å². The van der Waals surface area contributed by atoms with Gasteiger partial charge in [-0.3, -0.25) is 0 Å². The van der Waals surface area contributed by atoms with Crippen LogP contribution in [-0.2, 0) is 10.0 Å². The van der Waals surface area contributed by atoms with E-state index in [1.54, 1.807) is 0 Å². The lowest BCUT2D eigenvalue weighted by molar-refractivity contribution is 0.201. The van der Waals surface area contributed by atoms with Crippen LogP contribution in [0.15, 0.2) is 29.2 Å². The minimum absolute atomic E-state index is 0.149. The molecule has 1 aromatic rings. The van der Waals surface area contributed by atoms with Gasteiger partial charge >= 0.3 is 6.09 Å². The van der Waals surface area contributed by atoms with Gasteiger partial charge in [0.1, 0.15) is 0 Å². The first-order chi connectivity index (χ1) is 6.42. The third-order valence-electron chi connectivity index (χ3n) is 1.35. The molecule has 0 saturated heterocycles. The number of nitrogens with one attached hydrogen (secondary N) is 1. The van der Waals surface area contributed by atoms with Gasteiger partial charge in [0.05, 0.1) is 4.90 Å². The molecule has 14 heavy (non-hydrogen) atoms. The number of hydrogen-bond acceptors (Lipinski definition) is 3. The molecule has 0 unspecified atom stereocenters. The molecule has 5 nitrogen and oxygen atoms in total. The maximum Gasteiger partial charge on any atom is 0.418 e. The summed E-state index contributed by atoms with van der Waals surface area (Å²) in [4.78, 5) is 9.99. The summed E-state index contributed by atoms with van der Waals surface area (Å²) in [7, 11) is -3.98. The van der Waals surface area contributed by atoms with Gasteiger partial charge in [0, 0.05) is 5.02 Å². The molecule has 0 spiro atoms. The average molecular weight is 236 g/mol. The second kappa shape index (κ2) is 3.85. The zero-order chi connectivity index (χ0) is 10.8. The van der Waals surface area contributed by atoms with Crippen molar-refractivity contribution < 1.29 is 18.3 Å². The maximum absolute atomic E-state index is 11.2. The number of carbonyl (C=O) groups is 1. The van der Waals surface area contributed by atoms with Gasteiger partial charge in [-0.15, -0.1) is 0 Å². The van der Waals surface area contributed by atoms with Crippen LogP contribution in [0.4, 0.5) is 4.79 Å². The Bertz CT molecular complexity index is 439. The molecule has 0 aliphatic rings. The summed E-state index contributed by atoms with van der Waals surface area (Å²) >= 11 is 5.54. The number of benzene rings is 1. The molecule has 1 amide bonds. The van der Waals surface area contributed by atoms with E-state index in [9.17, 15) is 13.2 Å². The number of hydrogen-bond donors (Lipinski definition) is 2. The van der Waals surface area contributed by atoms with Crippen LogP contribution in [0.5, 0.6) is 0 Å². The molecule has 0 aliphatic heterocycles. The first kappa shape index (κ1) is 10.8. The molecule has 76 valence electrons. The molecule has 0 radical (unpaired) electrons. The van der Waals surface area contributed by atoms with Crippen molar-refractivity contribution >= 4 is 27.7 Å². The van der Waals surface area contributed by atoms with E-state index in [4.69, 9.17) is 16.7 Å². The molecule has 0 fully saturated rings. The summed E-state index contributed by atoms with van der Waals surface area (Å²) in [5, 5.41) is 8.62. The fourth-order valence-corrected chi connectivity index (χ4v) is 1.76. The van der Waals surface area contributed by atoms with E-state index in [-0.39, 0.29) is 4.90 Å². The van der Waals surface area contributed by atoms with E-state index in [2.05, 4.69) is 0 Å². The lowest BCUT2D eigenvalue weighted by atomic mass is 10.4. The zero-order valence-corrected chi connectivity index (χ0v) is 8.34. The average Bonchev–Trinajstić information content (AvgIpc) is 2.02. The van der Waals surface area contributed by atoms with E-state index in [0.717, 1.165) is 0 Å². The number of carboxylic acid groups (broad SMARTS) is 1. The van der Waals surface area contributed by atoms with Gasteiger partial charge in [0.15, 0.2) is 0 Å². The molecular weight excluding hydrogens is 230 g/mol. The minimum Gasteiger partial charge on any atom is -0.464 e. The highest BCUT2D eigenvalue weighted by Crippen LogP contribution is 2.13. The summed E-state index contributed by atoms with van der Waals surface area (Å²) in [6, 6.07) is 5.15. The third-order valence-corrected chi connectivity index (χ3v) is 2.93. The Hall–Kier alpha value is -1.27. The molecule has 1 rings (SSSR count). The van der Waals surface area contributed by atoms with E-state index >= 15 is 0 Å². The van der Waals surface area contributed by atoms with Crippen LogP contribution < -0.4 is 4.72 Å². The van der Waals surface area contributed by atoms with E-state index in [1.165, 1.54) is 29.0 Å². The highest BCUT2D eigenvalue weighted by atomic mass is 35.5. The standard InChI is InChI=1S/C7H6ClNO4S/c8-5-1-3-6(4-2-5)14(12,13)9-7(10)11/h1-4,9H,(H,10,11). The predicted octanol–water partition coefficient (Wildman–Crippen LogP) is 1.30. The van der Waals surface area contributed by atoms with Gasteiger partial charge in [-0.2, -0.15) is 0 Å². The van der Waals surface area contributed by atoms with Crippen molar-refractivity contribution in [1.29, 1.82) is 0 Å². The van der Waals surface area contributed by atoms with Crippen molar-refractivity contribution in [3.05, 3.63) is 29.3 Å². The highest BCUT2D eigenvalue weighted by Gasteiger charge is 2.15. The van der Waals surface area contributed by atoms with Gasteiger partial charge in [-0.25, -0.2) is 17.9 Å². The second-order valence-electron chi connectivity index (χ2n) is 2.36. The van der Waals surface area contributed by atoms with Crippen molar-refractivity contribution in [2.75, 3.05) is 0 Å². The molecule has 2 N–H and O–H groups in total. The molecule has 0 saturated carbocycles. The molecule has 0 aromatic heterocycles. The number of halogens is 1. The van der Waals surface area contributed by atoms with Crippen molar-refractivity contribution in [2.45, 2.75) is 4.90 Å². The lowest BCUT2D eigenvalue weighted by Crippen LogP contribution is -2.28. The summed E-state index contributed by atoms with van der Waals surface area (Å²) in [5.74, 6) is 0. The predicted molar refractivity (Wildman–Crippen MR) is 49.8 cm³/mol. The molecule has 0 bridgehead atoms. The van der Waals surface area contributed by atoms with Crippen LogP contribution in [0.25, 0.3) is 0 Å². The Labute approximate surface area is 85.4 Å². The Morgan fingerprint density at radius 2 is 1.79 bits per heavy atom. The summed E-state index contributed by atoms with van der Waals surface area (Å²) in [5.41, 5.74) is 0. The molecule has 0 heterocycles. The van der Waals surface area contributed by atoms with Gasteiger partial charge in [0.2, 0.25) is 0 Å². The fraction of sp³-hybridized carbons (Fsp3) is 0. The Balaban J connectivity index is 3.05. The lowest BCUT2D eigenvalue weighted by Gasteiger charge is -2.02. The largest absolute Gasteiger partial charge is 0.464 e. The topological polar surface area (TPSA) is 83.5 Å². The summed E-state index contributed by atoms with van der Waals surface area (Å²) in [6.07, 6.45) is -1.63. The smallest absolute Gasteiger partial charge is 0.418 e. The van der Waals surface area contributed by atoms with Crippen molar-refractivity contribution in [3.63, 3.8) is 0 Å². The first-order valence-electron chi connectivity index (χ1n) is 3.43. The fourth-order valence-electron chi connectivity index (χ4n) is 0.788. The van der Waals surface area contributed by atoms with Crippen LogP contribution in [0, 0.1) is 0 Å². The van der Waals surface area contributed by atoms with Crippen LogP contribution in [0.1, 0.15) is 0 Å².